The van der Waals surface area contributed by atoms with E-state index in [2.05, 4.69) is 16.8 Å². The average Bonchev–Trinajstić information content (AvgIpc) is 3.12. The summed E-state index contributed by atoms with van der Waals surface area (Å²) >= 11 is 0. The highest BCUT2D eigenvalue weighted by Crippen LogP contribution is 2.49. The van der Waals surface area contributed by atoms with E-state index in [0.29, 0.717) is 5.56 Å². The van der Waals surface area contributed by atoms with Crippen LogP contribution >= 0.6 is 0 Å². The second kappa shape index (κ2) is 5.88. The van der Waals surface area contributed by atoms with E-state index in [9.17, 15) is 4.79 Å². The van der Waals surface area contributed by atoms with Gasteiger partial charge in [0.25, 0.3) is 5.91 Å². The minimum absolute atomic E-state index is 0.0199. The largest absolute Gasteiger partial charge is 0.366 e. The van der Waals surface area contributed by atoms with Gasteiger partial charge in [-0.2, -0.15) is 0 Å². The zero-order valence-electron chi connectivity index (χ0n) is 14.3. The Balaban J connectivity index is 1.79. The van der Waals surface area contributed by atoms with Crippen molar-refractivity contribution in [2.75, 3.05) is 13.1 Å². The van der Waals surface area contributed by atoms with Crippen LogP contribution in [0, 0.1) is 5.92 Å². The van der Waals surface area contributed by atoms with E-state index < -0.39 is 5.91 Å². The van der Waals surface area contributed by atoms with E-state index in [1.165, 1.54) is 38.6 Å². The molecule has 4 rings (SSSR count). The zero-order chi connectivity index (χ0) is 16.7. The molecule has 2 aliphatic rings. The monoisotopic (exact) mass is 326 g/mol. The van der Waals surface area contributed by atoms with Crippen molar-refractivity contribution in [1.29, 1.82) is 0 Å². The number of rotatable bonds is 5. The van der Waals surface area contributed by atoms with Gasteiger partial charge >= 0.3 is 0 Å². The summed E-state index contributed by atoms with van der Waals surface area (Å²) in [6, 6.07) is 5.62. The number of carbonyl (C=O) groups is 1. The Hall–Kier alpha value is -1.88. The van der Waals surface area contributed by atoms with Crippen LogP contribution < -0.4 is 5.73 Å². The second-order valence-corrected chi connectivity index (χ2v) is 7.44. The number of nitrogens with zero attached hydrogens (tertiary/aromatic N) is 2. The van der Waals surface area contributed by atoms with Crippen LogP contribution in [0.1, 0.15) is 61.6 Å². The van der Waals surface area contributed by atoms with E-state index in [1.54, 1.807) is 6.07 Å². The number of primary amides is 1. The summed E-state index contributed by atoms with van der Waals surface area (Å²) in [5.41, 5.74) is 7.70. The molecule has 1 aliphatic heterocycles. The standard InChI is InChI=1S/C19H26N4O/c1-2-3-10-23-12-13-6-5-9-19(23,11-13)18-21-15-8-4-7-14(17(20)24)16(15)22-18/h4,7-8,13H,2-3,5-6,9-12H2,1H3,(H2,20,24)(H,21,22)/t13-,19-/m1/s1. The number of aromatic nitrogens is 2. The van der Waals surface area contributed by atoms with E-state index in [0.717, 1.165) is 35.7 Å². The first-order chi connectivity index (χ1) is 11.6. The lowest BCUT2D eigenvalue weighted by Crippen LogP contribution is -2.42. The third kappa shape index (κ3) is 2.34. The number of likely N-dealkylation sites (tertiary alicyclic amines) is 1. The molecule has 1 aromatic heterocycles. The van der Waals surface area contributed by atoms with Crippen molar-refractivity contribution < 1.29 is 4.79 Å². The van der Waals surface area contributed by atoms with Crippen molar-refractivity contribution >= 4 is 16.9 Å². The molecule has 2 aromatic rings. The van der Waals surface area contributed by atoms with E-state index in [1.807, 2.05) is 12.1 Å². The molecule has 1 saturated carbocycles. The summed E-state index contributed by atoms with van der Waals surface area (Å²) in [7, 11) is 0. The van der Waals surface area contributed by atoms with Crippen LogP contribution in [-0.4, -0.2) is 33.9 Å². The summed E-state index contributed by atoms with van der Waals surface area (Å²) in [6.07, 6.45) is 7.36. The average molecular weight is 326 g/mol. The number of fused-ring (bicyclic) bond motifs is 3. The van der Waals surface area contributed by atoms with Crippen LogP contribution in [0.3, 0.4) is 0 Å². The fraction of sp³-hybridized carbons (Fsp3) is 0.579. The minimum atomic E-state index is -0.410. The molecule has 5 nitrogen and oxygen atoms in total. The molecule has 1 aliphatic carbocycles. The highest BCUT2D eigenvalue weighted by atomic mass is 16.1. The van der Waals surface area contributed by atoms with Crippen LogP contribution in [0.15, 0.2) is 18.2 Å². The van der Waals surface area contributed by atoms with Crippen molar-refractivity contribution in [2.45, 2.75) is 51.0 Å². The van der Waals surface area contributed by atoms with Gasteiger partial charge in [0, 0.05) is 6.54 Å². The van der Waals surface area contributed by atoms with Gasteiger partial charge in [-0.25, -0.2) is 4.98 Å². The smallest absolute Gasteiger partial charge is 0.250 e. The number of imidazole rings is 1. The van der Waals surface area contributed by atoms with Gasteiger partial charge < -0.3 is 10.7 Å². The molecular formula is C19H26N4O. The number of nitrogens with one attached hydrogen (secondary N) is 1. The first-order valence-electron chi connectivity index (χ1n) is 9.18. The summed E-state index contributed by atoms with van der Waals surface area (Å²) in [6.45, 7) is 4.56. The van der Waals surface area contributed by atoms with Crippen LogP contribution in [0.4, 0.5) is 0 Å². The summed E-state index contributed by atoms with van der Waals surface area (Å²) in [4.78, 5) is 22.8. The maximum Gasteiger partial charge on any atom is 0.250 e. The molecule has 0 spiro atoms. The van der Waals surface area contributed by atoms with Crippen LogP contribution in [0.2, 0.25) is 0 Å². The molecule has 1 saturated heterocycles. The normalized spacial score (nSPS) is 27.0. The predicted molar refractivity (Wildman–Crippen MR) is 94.7 cm³/mol. The van der Waals surface area contributed by atoms with Gasteiger partial charge in [-0.1, -0.05) is 25.8 Å². The molecule has 2 heterocycles. The van der Waals surface area contributed by atoms with Crippen molar-refractivity contribution in [3.63, 3.8) is 0 Å². The molecule has 128 valence electrons. The van der Waals surface area contributed by atoms with Crippen molar-refractivity contribution in [1.82, 2.24) is 14.9 Å². The van der Waals surface area contributed by atoms with Gasteiger partial charge in [-0.15, -0.1) is 0 Å². The zero-order valence-corrected chi connectivity index (χ0v) is 14.3. The van der Waals surface area contributed by atoms with Gasteiger partial charge in [-0.05, 0) is 50.3 Å². The number of hydrogen-bond donors (Lipinski definition) is 2. The molecule has 1 amide bonds. The lowest BCUT2D eigenvalue weighted by Gasteiger charge is -2.38. The van der Waals surface area contributed by atoms with E-state index in [-0.39, 0.29) is 5.54 Å². The van der Waals surface area contributed by atoms with Gasteiger partial charge in [0.1, 0.15) is 11.3 Å². The number of hydrogen-bond acceptors (Lipinski definition) is 3. The lowest BCUT2D eigenvalue weighted by atomic mass is 9.79. The molecule has 3 N–H and O–H groups in total. The highest BCUT2D eigenvalue weighted by Gasteiger charge is 2.50. The Morgan fingerprint density at radius 1 is 1.50 bits per heavy atom. The maximum atomic E-state index is 11.7. The molecule has 0 unspecified atom stereocenters. The predicted octanol–water partition coefficient (Wildman–Crippen LogP) is 3.16. The fourth-order valence-electron chi connectivity index (χ4n) is 4.76. The molecule has 1 aromatic carbocycles. The Labute approximate surface area is 142 Å². The highest BCUT2D eigenvalue weighted by molar-refractivity contribution is 6.04. The quantitative estimate of drug-likeness (QED) is 0.886. The van der Waals surface area contributed by atoms with Gasteiger partial charge in [0.15, 0.2) is 0 Å². The Bertz CT molecular complexity index is 768. The number of carbonyl (C=O) groups excluding carboxylic acids is 1. The van der Waals surface area contributed by atoms with Gasteiger partial charge in [0.2, 0.25) is 0 Å². The minimum Gasteiger partial charge on any atom is -0.366 e. The first kappa shape index (κ1) is 15.6. The van der Waals surface area contributed by atoms with Crippen LogP contribution in [-0.2, 0) is 5.54 Å². The van der Waals surface area contributed by atoms with Crippen molar-refractivity contribution in [3.05, 3.63) is 29.6 Å². The lowest BCUT2D eigenvalue weighted by molar-refractivity contribution is 0.100. The first-order valence-corrected chi connectivity index (χ1v) is 9.18. The van der Waals surface area contributed by atoms with Crippen molar-refractivity contribution in [2.24, 2.45) is 11.7 Å². The number of nitrogens with two attached hydrogens (primary N) is 1. The summed E-state index contributed by atoms with van der Waals surface area (Å²) < 4.78 is 0. The van der Waals surface area contributed by atoms with Gasteiger partial charge in [-0.3, -0.25) is 9.69 Å². The number of amides is 1. The number of H-pyrrole nitrogens is 1. The molecule has 2 atom stereocenters. The SMILES string of the molecule is CCCCN1C[C@@H]2CCC[C@]1(c1nc3c(C(N)=O)cccc3[nH]1)C2. The molecule has 2 fully saturated rings. The third-order valence-corrected chi connectivity index (χ3v) is 5.91. The third-order valence-electron chi connectivity index (χ3n) is 5.91. The molecule has 0 radical (unpaired) electrons. The van der Waals surface area contributed by atoms with Crippen LogP contribution in [0.5, 0.6) is 0 Å². The number of para-hydroxylation sites is 1. The summed E-state index contributed by atoms with van der Waals surface area (Å²) in [5, 5.41) is 0. The number of benzene rings is 1. The van der Waals surface area contributed by atoms with Crippen molar-refractivity contribution in [3.8, 4) is 0 Å². The topological polar surface area (TPSA) is 75.0 Å². The summed E-state index contributed by atoms with van der Waals surface area (Å²) in [5.74, 6) is 1.40. The maximum absolute atomic E-state index is 11.7. The van der Waals surface area contributed by atoms with Crippen LogP contribution in [0.25, 0.3) is 11.0 Å². The fourth-order valence-corrected chi connectivity index (χ4v) is 4.76. The van der Waals surface area contributed by atoms with E-state index in [4.69, 9.17) is 10.7 Å². The second-order valence-electron chi connectivity index (χ2n) is 7.44. The Kier molecular flexibility index (Phi) is 3.83. The molecule has 5 heteroatoms. The number of aromatic amines is 1. The number of unbranched alkanes of at least 4 members (excludes halogenated alkanes) is 1. The molecular weight excluding hydrogens is 300 g/mol. The molecule has 24 heavy (non-hydrogen) atoms. The Morgan fingerprint density at radius 3 is 3.17 bits per heavy atom. The Morgan fingerprint density at radius 2 is 2.38 bits per heavy atom. The van der Waals surface area contributed by atoms with Gasteiger partial charge in [0.05, 0.1) is 16.6 Å². The van der Waals surface area contributed by atoms with E-state index >= 15 is 0 Å². The molecule has 2 bridgehead atoms.